The minimum Gasteiger partial charge on any atom is -0.493 e. The number of benzene rings is 2. The Balaban J connectivity index is 1.78. The first-order chi connectivity index (χ1) is 15.8. The van der Waals surface area contributed by atoms with E-state index in [2.05, 4.69) is 10.5 Å². The third-order valence-corrected chi connectivity index (χ3v) is 5.20. The van der Waals surface area contributed by atoms with Crippen molar-refractivity contribution in [3.63, 3.8) is 0 Å². The highest BCUT2D eigenvalue weighted by Gasteiger charge is 2.18. The van der Waals surface area contributed by atoms with E-state index in [0.29, 0.717) is 23.6 Å². The molecule has 0 amide bonds. The average molecular weight is 450 g/mol. The molecule has 0 bridgehead atoms. The van der Waals surface area contributed by atoms with Crippen LogP contribution in [0.1, 0.15) is 46.7 Å². The van der Waals surface area contributed by atoms with Crippen LogP contribution >= 0.6 is 0 Å². The first kappa shape index (κ1) is 23.9. The van der Waals surface area contributed by atoms with Gasteiger partial charge in [-0.2, -0.15) is 5.10 Å². The molecule has 1 aromatic heterocycles. The normalized spacial score (nSPS) is 11.1. The number of hydrogen-bond donors (Lipinski definition) is 1. The van der Waals surface area contributed by atoms with E-state index in [-0.39, 0.29) is 12.1 Å². The monoisotopic (exact) mass is 449 g/mol. The summed E-state index contributed by atoms with van der Waals surface area (Å²) in [4.78, 5) is 12.6. The largest absolute Gasteiger partial charge is 0.493 e. The van der Waals surface area contributed by atoms with Crippen LogP contribution in [0.2, 0.25) is 0 Å². The minimum atomic E-state index is -0.333. The van der Waals surface area contributed by atoms with Crippen LogP contribution in [0.5, 0.6) is 11.5 Å². The van der Waals surface area contributed by atoms with E-state index in [0.717, 1.165) is 28.2 Å². The van der Waals surface area contributed by atoms with Gasteiger partial charge in [0.1, 0.15) is 0 Å². The number of carbonyl (C=O) groups is 1. The van der Waals surface area contributed by atoms with Crippen molar-refractivity contribution in [1.29, 1.82) is 0 Å². The second-order valence-corrected chi connectivity index (χ2v) is 7.92. The SMILES string of the molecule is COc1ccc(CN/N=C\c2cc(C)n(-c3ccccc3C(=O)OC(C)C)c2C)cc1OC. The molecule has 0 aliphatic heterocycles. The molecule has 0 saturated heterocycles. The lowest BCUT2D eigenvalue weighted by Crippen LogP contribution is -2.15. The summed E-state index contributed by atoms with van der Waals surface area (Å²) in [6, 6.07) is 15.3. The molecule has 0 unspecified atom stereocenters. The molecular weight excluding hydrogens is 418 g/mol. The standard InChI is InChI=1S/C26H31N3O4/c1-17(2)33-26(30)22-9-7-8-10-23(22)29-18(3)13-21(19(29)4)16-28-27-15-20-11-12-24(31-5)25(14-20)32-6/h7-14,16-17,27H,15H2,1-6H3/b28-16-. The quantitative estimate of drug-likeness (QED) is 0.289. The van der Waals surface area contributed by atoms with Crippen LogP contribution < -0.4 is 14.9 Å². The third kappa shape index (κ3) is 5.55. The fourth-order valence-electron chi connectivity index (χ4n) is 3.65. The lowest BCUT2D eigenvalue weighted by Gasteiger charge is -2.15. The zero-order chi connectivity index (χ0) is 24.0. The topological polar surface area (TPSA) is 74.1 Å². The zero-order valence-corrected chi connectivity index (χ0v) is 20.0. The van der Waals surface area contributed by atoms with Crippen LogP contribution in [0.3, 0.4) is 0 Å². The first-order valence-electron chi connectivity index (χ1n) is 10.8. The highest BCUT2D eigenvalue weighted by atomic mass is 16.5. The summed E-state index contributed by atoms with van der Waals surface area (Å²) in [5.41, 5.74) is 8.35. The molecule has 7 heteroatoms. The molecule has 1 N–H and O–H groups in total. The van der Waals surface area contributed by atoms with Crippen molar-refractivity contribution in [2.45, 2.75) is 40.3 Å². The molecule has 0 atom stereocenters. The van der Waals surface area contributed by atoms with Gasteiger partial charge in [-0.25, -0.2) is 4.79 Å². The molecule has 2 aromatic carbocycles. The van der Waals surface area contributed by atoms with Crippen LogP contribution in [0.15, 0.2) is 53.6 Å². The van der Waals surface area contributed by atoms with E-state index >= 15 is 0 Å². The third-order valence-electron chi connectivity index (χ3n) is 5.20. The van der Waals surface area contributed by atoms with E-state index in [4.69, 9.17) is 14.2 Å². The van der Waals surface area contributed by atoms with Gasteiger partial charge in [-0.15, -0.1) is 0 Å². The van der Waals surface area contributed by atoms with Gasteiger partial charge >= 0.3 is 5.97 Å². The summed E-state index contributed by atoms with van der Waals surface area (Å²) in [6.45, 7) is 8.24. The molecule has 0 fully saturated rings. The molecule has 0 aliphatic rings. The Labute approximate surface area is 195 Å². The molecular formula is C26H31N3O4. The van der Waals surface area contributed by atoms with Crippen molar-refractivity contribution in [3.8, 4) is 17.2 Å². The van der Waals surface area contributed by atoms with Gasteiger partial charge in [0.25, 0.3) is 0 Å². The summed E-state index contributed by atoms with van der Waals surface area (Å²) in [7, 11) is 3.23. The Morgan fingerprint density at radius 1 is 1.06 bits per heavy atom. The molecule has 33 heavy (non-hydrogen) atoms. The second kappa shape index (κ2) is 10.7. The molecule has 0 aliphatic carbocycles. The summed E-state index contributed by atoms with van der Waals surface area (Å²) >= 11 is 0. The van der Waals surface area contributed by atoms with Gasteiger partial charge in [-0.3, -0.25) is 0 Å². The number of esters is 1. The number of methoxy groups -OCH3 is 2. The Morgan fingerprint density at radius 2 is 1.79 bits per heavy atom. The van der Waals surface area contributed by atoms with E-state index in [1.807, 2.05) is 74.7 Å². The highest BCUT2D eigenvalue weighted by molar-refractivity contribution is 5.94. The number of para-hydroxylation sites is 1. The van der Waals surface area contributed by atoms with Gasteiger partial charge in [0.15, 0.2) is 11.5 Å². The Morgan fingerprint density at radius 3 is 2.48 bits per heavy atom. The molecule has 3 aromatic rings. The summed E-state index contributed by atoms with van der Waals surface area (Å²) in [5, 5.41) is 4.39. The summed E-state index contributed by atoms with van der Waals surface area (Å²) in [6.07, 6.45) is 1.60. The molecule has 3 rings (SSSR count). The number of nitrogens with one attached hydrogen (secondary N) is 1. The van der Waals surface area contributed by atoms with Gasteiger partial charge in [0, 0.05) is 17.0 Å². The summed E-state index contributed by atoms with van der Waals surface area (Å²) in [5.74, 6) is 1.04. The van der Waals surface area contributed by atoms with Crippen LogP contribution in [0, 0.1) is 13.8 Å². The van der Waals surface area contributed by atoms with Gasteiger partial charge in [0.2, 0.25) is 0 Å². The predicted octanol–water partition coefficient (Wildman–Crippen LogP) is 4.80. The number of hydrazone groups is 1. The second-order valence-electron chi connectivity index (χ2n) is 7.92. The van der Waals surface area contributed by atoms with Crippen molar-refractivity contribution < 1.29 is 19.0 Å². The molecule has 7 nitrogen and oxygen atoms in total. The number of aryl methyl sites for hydroxylation is 1. The van der Waals surface area contributed by atoms with E-state index < -0.39 is 0 Å². The Hall–Kier alpha value is -3.74. The van der Waals surface area contributed by atoms with E-state index in [1.54, 1.807) is 26.5 Å². The van der Waals surface area contributed by atoms with Crippen molar-refractivity contribution >= 4 is 12.2 Å². The van der Waals surface area contributed by atoms with Gasteiger partial charge in [0.05, 0.1) is 44.3 Å². The maximum atomic E-state index is 12.6. The lowest BCUT2D eigenvalue weighted by atomic mass is 10.1. The predicted molar refractivity (Wildman–Crippen MR) is 130 cm³/mol. The van der Waals surface area contributed by atoms with Crippen LogP contribution in [-0.2, 0) is 11.3 Å². The minimum absolute atomic E-state index is 0.183. The van der Waals surface area contributed by atoms with Crippen LogP contribution in [0.25, 0.3) is 5.69 Å². The number of ether oxygens (including phenoxy) is 3. The number of carbonyl (C=O) groups excluding carboxylic acids is 1. The van der Waals surface area contributed by atoms with E-state index in [1.165, 1.54) is 0 Å². The van der Waals surface area contributed by atoms with E-state index in [9.17, 15) is 4.79 Å². The van der Waals surface area contributed by atoms with Crippen LogP contribution in [-0.4, -0.2) is 37.1 Å². The smallest absolute Gasteiger partial charge is 0.340 e. The van der Waals surface area contributed by atoms with Crippen molar-refractivity contribution in [1.82, 2.24) is 9.99 Å². The van der Waals surface area contributed by atoms with Gasteiger partial charge < -0.3 is 24.2 Å². The highest BCUT2D eigenvalue weighted by Crippen LogP contribution is 2.27. The molecule has 0 spiro atoms. The van der Waals surface area contributed by atoms with Gasteiger partial charge in [-0.1, -0.05) is 18.2 Å². The average Bonchev–Trinajstić information content (AvgIpc) is 3.08. The summed E-state index contributed by atoms with van der Waals surface area (Å²) < 4.78 is 18.1. The Bertz CT molecular complexity index is 1150. The number of nitrogens with zero attached hydrogens (tertiary/aromatic N) is 2. The number of aromatic nitrogens is 1. The Kier molecular flexibility index (Phi) is 7.77. The number of rotatable bonds is 9. The maximum Gasteiger partial charge on any atom is 0.340 e. The zero-order valence-electron chi connectivity index (χ0n) is 20.0. The molecule has 174 valence electrons. The maximum absolute atomic E-state index is 12.6. The van der Waals surface area contributed by atoms with Crippen molar-refractivity contribution in [3.05, 3.63) is 76.6 Å². The fourth-order valence-corrected chi connectivity index (χ4v) is 3.65. The molecule has 0 saturated carbocycles. The molecule has 0 radical (unpaired) electrons. The van der Waals surface area contributed by atoms with Crippen molar-refractivity contribution in [2.75, 3.05) is 14.2 Å². The fraction of sp³-hybridized carbons (Fsp3) is 0.308. The molecule has 1 heterocycles. The first-order valence-corrected chi connectivity index (χ1v) is 10.8. The van der Waals surface area contributed by atoms with Crippen LogP contribution in [0.4, 0.5) is 0 Å². The van der Waals surface area contributed by atoms with Gasteiger partial charge in [-0.05, 0) is 63.6 Å². The van der Waals surface area contributed by atoms with Crippen molar-refractivity contribution in [2.24, 2.45) is 5.10 Å². The lowest BCUT2D eigenvalue weighted by molar-refractivity contribution is 0.0378. The number of hydrogen-bond acceptors (Lipinski definition) is 6.